The molecule has 1 aromatic heterocycles. The molecule has 7 nitrogen and oxygen atoms in total. The number of nitrogens with zero attached hydrogens (tertiary/aromatic N) is 3. The molecule has 1 fully saturated rings. The van der Waals surface area contributed by atoms with Crippen LogP contribution in [0.25, 0.3) is 11.0 Å². The summed E-state index contributed by atoms with van der Waals surface area (Å²) in [6.45, 7) is 3.12. The quantitative estimate of drug-likeness (QED) is 0.677. The van der Waals surface area contributed by atoms with Crippen LogP contribution in [0.3, 0.4) is 0 Å². The Labute approximate surface area is 162 Å². The number of hydrogen-bond donors (Lipinski definition) is 1. The van der Waals surface area contributed by atoms with Gasteiger partial charge in [0.1, 0.15) is 15.9 Å². The number of hydrogen-bond acceptors (Lipinski definition) is 7. The van der Waals surface area contributed by atoms with E-state index in [1.54, 1.807) is 18.2 Å². The van der Waals surface area contributed by atoms with Crippen LogP contribution in [0.5, 0.6) is 0 Å². The number of sulfonamides is 1. The SMILES string of the molecule is O=S(=O)(NC[C@@H](c1ccccc1)N1CCOCC1)c1cccc2nsnc12. The molecule has 142 valence electrons. The Bertz CT molecular complexity index is 1000. The Hall–Kier alpha value is -1.91. The molecule has 4 rings (SSSR count). The van der Waals surface area contributed by atoms with E-state index in [1.807, 2.05) is 30.3 Å². The van der Waals surface area contributed by atoms with Crippen molar-refractivity contribution in [3.8, 4) is 0 Å². The highest BCUT2D eigenvalue weighted by Crippen LogP contribution is 2.24. The molecular formula is C18H20N4O3S2. The normalized spacial score (nSPS) is 17.2. The number of nitrogens with one attached hydrogen (secondary N) is 1. The van der Waals surface area contributed by atoms with Crippen LogP contribution in [0.1, 0.15) is 11.6 Å². The first-order valence-electron chi connectivity index (χ1n) is 8.73. The first-order valence-corrected chi connectivity index (χ1v) is 10.9. The molecule has 1 saturated heterocycles. The first kappa shape index (κ1) is 18.5. The number of aromatic nitrogens is 2. The predicted molar refractivity (Wildman–Crippen MR) is 104 cm³/mol. The smallest absolute Gasteiger partial charge is 0.242 e. The molecule has 0 bridgehead atoms. The third-order valence-electron chi connectivity index (χ3n) is 4.68. The second kappa shape index (κ2) is 7.99. The maximum Gasteiger partial charge on any atom is 0.242 e. The van der Waals surface area contributed by atoms with Gasteiger partial charge in [-0.15, -0.1) is 0 Å². The van der Waals surface area contributed by atoms with Gasteiger partial charge in [0.25, 0.3) is 0 Å². The summed E-state index contributed by atoms with van der Waals surface area (Å²) in [5.74, 6) is 0. The predicted octanol–water partition coefficient (Wildman–Crippen LogP) is 2.04. The first-order chi connectivity index (χ1) is 13.1. The Morgan fingerprint density at radius 3 is 2.63 bits per heavy atom. The molecule has 27 heavy (non-hydrogen) atoms. The van der Waals surface area contributed by atoms with E-state index < -0.39 is 10.0 Å². The standard InChI is InChI=1S/C18H20N4O3S2/c23-27(24,17-8-4-7-15-18(17)21-26-20-15)19-13-16(14-5-2-1-3-6-14)22-9-11-25-12-10-22/h1-8,16,19H,9-13H2/t16-/m0/s1. The van der Waals surface area contributed by atoms with Gasteiger partial charge in [-0.1, -0.05) is 36.4 Å². The van der Waals surface area contributed by atoms with E-state index in [4.69, 9.17) is 4.74 Å². The van der Waals surface area contributed by atoms with Crippen molar-refractivity contribution < 1.29 is 13.2 Å². The molecule has 0 spiro atoms. The van der Waals surface area contributed by atoms with E-state index >= 15 is 0 Å². The largest absolute Gasteiger partial charge is 0.379 e. The zero-order chi connectivity index (χ0) is 18.7. The topological polar surface area (TPSA) is 84.4 Å². The van der Waals surface area contributed by atoms with Crippen molar-refractivity contribution in [2.24, 2.45) is 0 Å². The van der Waals surface area contributed by atoms with Crippen molar-refractivity contribution in [1.29, 1.82) is 0 Å². The highest BCUT2D eigenvalue weighted by molar-refractivity contribution is 7.89. The Kier molecular flexibility index (Phi) is 5.46. The van der Waals surface area contributed by atoms with Gasteiger partial charge in [0, 0.05) is 25.7 Å². The molecule has 1 aliphatic rings. The molecule has 0 unspecified atom stereocenters. The summed E-state index contributed by atoms with van der Waals surface area (Å²) in [5, 5.41) is 0. The number of ether oxygens (including phenoxy) is 1. The van der Waals surface area contributed by atoms with Crippen molar-refractivity contribution in [2.45, 2.75) is 10.9 Å². The van der Waals surface area contributed by atoms with Crippen LogP contribution in [0.15, 0.2) is 53.4 Å². The third kappa shape index (κ3) is 4.02. The van der Waals surface area contributed by atoms with Crippen LogP contribution in [0.2, 0.25) is 0 Å². The Balaban J connectivity index is 1.59. The van der Waals surface area contributed by atoms with Crippen molar-refractivity contribution in [1.82, 2.24) is 18.4 Å². The number of rotatable bonds is 6. The molecule has 0 radical (unpaired) electrons. The molecule has 1 atom stereocenters. The van der Waals surface area contributed by atoms with Gasteiger partial charge >= 0.3 is 0 Å². The maximum atomic E-state index is 12.9. The summed E-state index contributed by atoms with van der Waals surface area (Å²) in [6.07, 6.45) is 0. The van der Waals surface area contributed by atoms with Crippen LogP contribution in [0.4, 0.5) is 0 Å². The van der Waals surface area contributed by atoms with Gasteiger partial charge in [-0.05, 0) is 17.7 Å². The molecule has 2 aromatic carbocycles. The van der Waals surface area contributed by atoms with Gasteiger partial charge < -0.3 is 4.74 Å². The van der Waals surface area contributed by atoms with E-state index in [2.05, 4.69) is 18.4 Å². The lowest BCUT2D eigenvalue weighted by molar-refractivity contribution is 0.0172. The number of benzene rings is 2. The molecule has 9 heteroatoms. The van der Waals surface area contributed by atoms with Crippen molar-refractivity contribution in [2.75, 3.05) is 32.8 Å². The average molecular weight is 405 g/mol. The minimum absolute atomic E-state index is 0.0577. The van der Waals surface area contributed by atoms with E-state index in [-0.39, 0.29) is 17.5 Å². The number of morpholine rings is 1. The van der Waals surface area contributed by atoms with Gasteiger partial charge in [0.05, 0.1) is 24.9 Å². The lowest BCUT2D eigenvalue weighted by atomic mass is 10.1. The van der Waals surface area contributed by atoms with Crippen molar-refractivity contribution in [3.05, 3.63) is 54.1 Å². The molecule has 1 aliphatic heterocycles. The fourth-order valence-electron chi connectivity index (χ4n) is 3.29. The maximum absolute atomic E-state index is 12.9. The summed E-state index contributed by atoms with van der Waals surface area (Å²) in [5.41, 5.74) is 2.09. The van der Waals surface area contributed by atoms with E-state index in [0.29, 0.717) is 24.2 Å². The summed E-state index contributed by atoms with van der Waals surface area (Å²) >= 11 is 1.01. The molecule has 1 N–H and O–H groups in total. The zero-order valence-corrected chi connectivity index (χ0v) is 16.2. The summed E-state index contributed by atoms with van der Waals surface area (Å²) in [6, 6.07) is 14.9. The highest BCUT2D eigenvalue weighted by Gasteiger charge is 2.26. The number of fused-ring (bicyclic) bond motifs is 1. The van der Waals surface area contributed by atoms with Crippen LogP contribution in [-0.4, -0.2) is 54.9 Å². The van der Waals surface area contributed by atoms with E-state index in [1.165, 1.54) is 0 Å². The average Bonchev–Trinajstić information content (AvgIpc) is 3.18. The van der Waals surface area contributed by atoms with Crippen LogP contribution in [0, 0.1) is 0 Å². The molecule has 0 saturated carbocycles. The lowest BCUT2D eigenvalue weighted by Crippen LogP contribution is -2.43. The highest BCUT2D eigenvalue weighted by atomic mass is 32.2. The van der Waals surface area contributed by atoms with Crippen molar-refractivity contribution in [3.63, 3.8) is 0 Å². The third-order valence-corrected chi connectivity index (χ3v) is 6.67. The second-order valence-electron chi connectivity index (χ2n) is 6.31. The Morgan fingerprint density at radius 2 is 1.85 bits per heavy atom. The lowest BCUT2D eigenvalue weighted by Gasteiger charge is -2.34. The summed E-state index contributed by atoms with van der Waals surface area (Å²) < 4.78 is 42.4. The van der Waals surface area contributed by atoms with Gasteiger partial charge in [-0.25, -0.2) is 13.1 Å². The minimum atomic E-state index is -3.70. The second-order valence-corrected chi connectivity index (χ2v) is 8.58. The fraction of sp³-hybridized carbons (Fsp3) is 0.333. The molecule has 0 aliphatic carbocycles. The molecule has 2 heterocycles. The molecular weight excluding hydrogens is 384 g/mol. The van der Waals surface area contributed by atoms with E-state index in [9.17, 15) is 8.42 Å². The van der Waals surface area contributed by atoms with Crippen LogP contribution < -0.4 is 4.72 Å². The zero-order valence-electron chi connectivity index (χ0n) is 14.6. The summed E-state index contributed by atoms with van der Waals surface area (Å²) in [7, 11) is -3.70. The monoisotopic (exact) mass is 404 g/mol. The van der Waals surface area contributed by atoms with Crippen molar-refractivity contribution >= 4 is 32.8 Å². The van der Waals surface area contributed by atoms with E-state index in [0.717, 1.165) is 30.4 Å². The summed E-state index contributed by atoms with van der Waals surface area (Å²) in [4.78, 5) is 2.43. The molecule has 3 aromatic rings. The minimum Gasteiger partial charge on any atom is -0.379 e. The van der Waals surface area contributed by atoms with Crippen LogP contribution in [-0.2, 0) is 14.8 Å². The van der Waals surface area contributed by atoms with Crippen LogP contribution >= 0.6 is 11.7 Å². The van der Waals surface area contributed by atoms with Gasteiger partial charge in [0.2, 0.25) is 10.0 Å². The molecule has 0 amide bonds. The van der Waals surface area contributed by atoms with Gasteiger partial charge in [0.15, 0.2) is 0 Å². The van der Waals surface area contributed by atoms with Gasteiger partial charge in [-0.2, -0.15) is 8.75 Å². The Morgan fingerprint density at radius 1 is 1.07 bits per heavy atom. The van der Waals surface area contributed by atoms with Gasteiger partial charge in [-0.3, -0.25) is 4.90 Å². The fourth-order valence-corrected chi connectivity index (χ4v) is 5.09.